The van der Waals surface area contributed by atoms with Crippen molar-refractivity contribution in [1.29, 1.82) is 0 Å². The molecule has 1 aliphatic rings. The van der Waals surface area contributed by atoms with Gasteiger partial charge in [-0.3, -0.25) is 9.79 Å². The molecule has 0 aromatic heterocycles. The van der Waals surface area contributed by atoms with E-state index in [0.717, 1.165) is 26.1 Å². The fourth-order valence-electron chi connectivity index (χ4n) is 1.77. The molecular weight excluding hydrogens is 232 g/mol. The van der Waals surface area contributed by atoms with Gasteiger partial charge in [-0.05, 0) is 26.7 Å². The third-order valence-corrected chi connectivity index (χ3v) is 2.65. The summed E-state index contributed by atoms with van der Waals surface area (Å²) in [5.74, 6) is 0.640. The molecule has 1 amide bonds. The largest absolute Gasteiger partial charge is 0.381 e. The Morgan fingerprint density at radius 1 is 1.39 bits per heavy atom. The zero-order valence-corrected chi connectivity index (χ0v) is 11.5. The smallest absolute Gasteiger partial charge is 0.239 e. The van der Waals surface area contributed by atoms with Gasteiger partial charge in [0.05, 0.1) is 6.54 Å². The fourth-order valence-corrected chi connectivity index (χ4v) is 1.77. The van der Waals surface area contributed by atoms with Gasteiger partial charge in [-0.15, -0.1) is 0 Å². The lowest BCUT2D eigenvalue weighted by Crippen LogP contribution is -2.48. The maximum Gasteiger partial charge on any atom is 0.239 e. The van der Waals surface area contributed by atoms with Crippen LogP contribution in [-0.2, 0) is 9.53 Å². The summed E-state index contributed by atoms with van der Waals surface area (Å²) in [6.45, 7) is 5.67. The Hall–Kier alpha value is -1.30. The van der Waals surface area contributed by atoms with Gasteiger partial charge in [0.2, 0.25) is 5.91 Å². The molecular formula is C12H24N4O2. The first-order valence-electron chi connectivity index (χ1n) is 6.46. The van der Waals surface area contributed by atoms with E-state index in [0.29, 0.717) is 12.0 Å². The SMILES string of the molecule is CN=C(NCC(=O)NC(C)C)NC1CCOCC1. The molecule has 3 N–H and O–H groups in total. The van der Waals surface area contributed by atoms with Crippen LogP contribution in [0, 0.1) is 0 Å². The van der Waals surface area contributed by atoms with E-state index in [2.05, 4.69) is 20.9 Å². The molecule has 0 aromatic carbocycles. The van der Waals surface area contributed by atoms with E-state index in [1.54, 1.807) is 7.05 Å². The second kappa shape index (κ2) is 7.92. The zero-order chi connectivity index (χ0) is 13.4. The molecule has 6 nitrogen and oxygen atoms in total. The van der Waals surface area contributed by atoms with E-state index in [-0.39, 0.29) is 18.5 Å². The molecule has 1 fully saturated rings. The highest BCUT2D eigenvalue weighted by Crippen LogP contribution is 2.05. The van der Waals surface area contributed by atoms with Gasteiger partial charge >= 0.3 is 0 Å². The lowest BCUT2D eigenvalue weighted by molar-refractivity contribution is -0.120. The van der Waals surface area contributed by atoms with Crippen LogP contribution in [0.1, 0.15) is 26.7 Å². The maximum atomic E-state index is 11.5. The molecule has 1 heterocycles. The summed E-state index contributed by atoms with van der Waals surface area (Å²) >= 11 is 0. The molecule has 0 aliphatic carbocycles. The first-order valence-corrected chi connectivity index (χ1v) is 6.46. The van der Waals surface area contributed by atoms with Crippen LogP contribution >= 0.6 is 0 Å². The molecule has 6 heteroatoms. The predicted molar refractivity (Wildman–Crippen MR) is 71.6 cm³/mol. The number of guanidine groups is 1. The molecule has 0 radical (unpaired) electrons. The molecule has 1 aliphatic heterocycles. The molecule has 104 valence electrons. The van der Waals surface area contributed by atoms with E-state index >= 15 is 0 Å². The Morgan fingerprint density at radius 3 is 2.61 bits per heavy atom. The van der Waals surface area contributed by atoms with Gasteiger partial charge in [0.1, 0.15) is 0 Å². The minimum atomic E-state index is -0.0278. The second-order valence-corrected chi connectivity index (χ2v) is 4.68. The number of hydrogen-bond acceptors (Lipinski definition) is 3. The Bertz CT molecular complexity index is 286. The van der Waals surface area contributed by atoms with Gasteiger partial charge in [0, 0.05) is 32.3 Å². The summed E-state index contributed by atoms with van der Waals surface area (Å²) in [5, 5.41) is 9.12. The summed E-state index contributed by atoms with van der Waals surface area (Å²) < 4.78 is 5.29. The Kier molecular flexibility index (Phi) is 6.49. The standard InChI is InChI=1S/C12H24N4O2/c1-9(2)15-11(17)8-14-12(13-3)16-10-4-6-18-7-5-10/h9-10H,4-8H2,1-3H3,(H,15,17)(H2,13,14,16). The van der Waals surface area contributed by atoms with Crippen LogP contribution in [0.3, 0.4) is 0 Å². The van der Waals surface area contributed by atoms with E-state index in [9.17, 15) is 4.79 Å². The van der Waals surface area contributed by atoms with Crippen molar-refractivity contribution in [3.8, 4) is 0 Å². The number of ether oxygens (including phenoxy) is 1. The molecule has 0 aromatic rings. The minimum absolute atomic E-state index is 0.0278. The zero-order valence-electron chi connectivity index (χ0n) is 11.5. The van der Waals surface area contributed by atoms with Crippen molar-refractivity contribution < 1.29 is 9.53 Å². The van der Waals surface area contributed by atoms with Crippen molar-refractivity contribution in [2.45, 2.75) is 38.8 Å². The average Bonchev–Trinajstić information content (AvgIpc) is 2.35. The molecule has 1 saturated heterocycles. The van der Waals surface area contributed by atoms with Gasteiger partial charge in [0.15, 0.2) is 5.96 Å². The summed E-state index contributed by atoms with van der Waals surface area (Å²) in [6, 6.07) is 0.530. The quantitative estimate of drug-likeness (QED) is 0.483. The van der Waals surface area contributed by atoms with Gasteiger partial charge in [-0.2, -0.15) is 0 Å². The number of aliphatic imine (C=N–C) groups is 1. The summed E-state index contributed by atoms with van der Waals surface area (Å²) in [5.41, 5.74) is 0. The number of nitrogens with zero attached hydrogens (tertiary/aromatic N) is 1. The number of hydrogen-bond donors (Lipinski definition) is 3. The van der Waals surface area contributed by atoms with Crippen LogP contribution in [0.15, 0.2) is 4.99 Å². The Morgan fingerprint density at radius 2 is 2.06 bits per heavy atom. The highest BCUT2D eigenvalue weighted by atomic mass is 16.5. The van der Waals surface area contributed by atoms with Crippen LogP contribution in [0.25, 0.3) is 0 Å². The van der Waals surface area contributed by atoms with Crippen LogP contribution in [-0.4, -0.2) is 50.8 Å². The highest BCUT2D eigenvalue weighted by Gasteiger charge is 2.15. The number of rotatable bonds is 4. The molecule has 0 saturated carbocycles. The van der Waals surface area contributed by atoms with Crippen LogP contribution in [0.5, 0.6) is 0 Å². The fraction of sp³-hybridized carbons (Fsp3) is 0.833. The normalized spacial score (nSPS) is 17.7. The van der Waals surface area contributed by atoms with Gasteiger partial charge < -0.3 is 20.7 Å². The highest BCUT2D eigenvalue weighted by molar-refractivity contribution is 5.86. The minimum Gasteiger partial charge on any atom is -0.381 e. The predicted octanol–water partition coefficient (Wildman–Crippen LogP) is -0.145. The topological polar surface area (TPSA) is 74.8 Å². The third-order valence-electron chi connectivity index (χ3n) is 2.65. The van der Waals surface area contributed by atoms with Gasteiger partial charge in [0.25, 0.3) is 0 Å². The summed E-state index contributed by atoms with van der Waals surface area (Å²) in [7, 11) is 1.70. The second-order valence-electron chi connectivity index (χ2n) is 4.68. The monoisotopic (exact) mass is 256 g/mol. The van der Waals surface area contributed by atoms with Gasteiger partial charge in [-0.25, -0.2) is 0 Å². The van der Waals surface area contributed by atoms with Crippen molar-refractivity contribution in [2.24, 2.45) is 4.99 Å². The van der Waals surface area contributed by atoms with E-state index in [4.69, 9.17) is 4.74 Å². The average molecular weight is 256 g/mol. The van der Waals surface area contributed by atoms with Crippen LogP contribution in [0.4, 0.5) is 0 Å². The molecule has 0 bridgehead atoms. The number of carbonyl (C=O) groups is 1. The van der Waals surface area contributed by atoms with E-state index in [1.165, 1.54) is 0 Å². The van der Waals surface area contributed by atoms with Crippen molar-refractivity contribution in [1.82, 2.24) is 16.0 Å². The third kappa shape index (κ3) is 5.86. The van der Waals surface area contributed by atoms with Crippen LogP contribution in [0.2, 0.25) is 0 Å². The number of carbonyl (C=O) groups excluding carboxylic acids is 1. The molecule has 0 spiro atoms. The Labute approximate surface area is 109 Å². The lowest BCUT2D eigenvalue weighted by Gasteiger charge is -2.25. The molecule has 1 rings (SSSR count). The van der Waals surface area contributed by atoms with Crippen LogP contribution < -0.4 is 16.0 Å². The summed E-state index contributed by atoms with van der Waals surface area (Å²) in [6.07, 6.45) is 1.94. The summed E-state index contributed by atoms with van der Waals surface area (Å²) in [4.78, 5) is 15.6. The molecule has 0 unspecified atom stereocenters. The van der Waals surface area contributed by atoms with Gasteiger partial charge in [-0.1, -0.05) is 0 Å². The van der Waals surface area contributed by atoms with Crippen molar-refractivity contribution in [3.63, 3.8) is 0 Å². The van der Waals surface area contributed by atoms with E-state index < -0.39 is 0 Å². The van der Waals surface area contributed by atoms with E-state index in [1.807, 2.05) is 13.8 Å². The lowest BCUT2D eigenvalue weighted by atomic mass is 10.1. The Balaban J connectivity index is 2.27. The number of nitrogens with one attached hydrogen (secondary N) is 3. The molecule has 18 heavy (non-hydrogen) atoms. The molecule has 0 atom stereocenters. The maximum absolute atomic E-state index is 11.5. The number of amides is 1. The first-order chi connectivity index (χ1) is 8.61. The van der Waals surface area contributed by atoms with Crippen molar-refractivity contribution >= 4 is 11.9 Å². The first kappa shape index (κ1) is 14.8. The van der Waals surface area contributed by atoms with Crippen molar-refractivity contribution in [2.75, 3.05) is 26.8 Å². The van der Waals surface area contributed by atoms with Crippen molar-refractivity contribution in [3.05, 3.63) is 0 Å².